The smallest absolute Gasteiger partial charge is 0.299 e. The second-order valence-electron chi connectivity index (χ2n) is 5.35. The Morgan fingerprint density at radius 2 is 2.19 bits per heavy atom. The Labute approximate surface area is 149 Å². The number of dihydropyridines is 1. The molecular formula is C17H17F2N7. The maximum atomic E-state index is 14.2. The summed E-state index contributed by atoms with van der Waals surface area (Å²) in [5.41, 5.74) is 0.524. The predicted molar refractivity (Wildman–Crippen MR) is 95.7 cm³/mol. The number of halogens is 2. The van der Waals surface area contributed by atoms with Gasteiger partial charge >= 0.3 is 0 Å². The maximum absolute atomic E-state index is 14.2. The number of rotatable bonds is 6. The van der Waals surface area contributed by atoms with Gasteiger partial charge in [0, 0.05) is 25.7 Å². The SMILES string of the molecule is C=C(C)C(F)(F)c1cnc(N/C(C=N)=C2\C=CC(C#N)=CN2)nc1NC. The lowest BCUT2D eigenvalue weighted by atomic mass is 10.1. The van der Waals surface area contributed by atoms with Crippen LogP contribution in [0.15, 0.2) is 53.7 Å². The number of anilines is 2. The quantitative estimate of drug-likeness (QED) is 0.460. The van der Waals surface area contributed by atoms with E-state index in [0.29, 0.717) is 17.0 Å². The van der Waals surface area contributed by atoms with Crippen LogP contribution in [0.5, 0.6) is 0 Å². The van der Waals surface area contributed by atoms with E-state index in [1.165, 1.54) is 20.2 Å². The first-order valence-corrected chi connectivity index (χ1v) is 7.49. The highest BCUT2D eigenvalue weighted by Crippen LogP contribution is 2.37. The number of hydrogen-bond acceptors (Lipinski definition) is 7. The Morgan fingerprint density at radius 3 is 2.69 bits per heavy atom. The fourth-order valence-electron chi connectivity index (χ4n) is 2.06. The molecule has 9 heteroatoms. The predicted octanol–water partition coefficient (Wildman–Crippen LogP) is 3.03. The van der Waals surface area contributed by atoms with Gasteiger partial charge in [0.15, 0.2) is 0 Å². The number of nitrogens with zero attached hydrogens (tertiary/aromatic N) is 3. The summed E-state index contributed by atoms with van der Waals surface area (Å²) in [5, 5.41) is 24.6. The number of nitriles is 1. The largest absolute Gasteiger partial charge is 0.373 e. The molecular weight excluding hydrogens is 340 g/mol. The summed E-state index contributed by atoms with van der Waals surface area (Å²) in [7, 11) is 1.47. The van der Waals surface area contributed by atoms with Gasteiger partial charge in [-0.3, -0.25) is 0 Å². The number of hydrogen-bond donors (Lipinski definition) is 4. The van der Waals surface area contributed by atoms with Crippen molar-refractivity contribution in [1.82, 2.24) is 15.3 Å². The van der Waals surface area contributed by atoms with E-state index in [1.54, 1.807) is 12.2 Å². The fourth-order valence-corrected chi connectivity index (χ4v) is 2.06. The molecule has 0 amide bonds. The summed E-state index contributed by atoms with van der Waals surface area (Å²) in [6.45, 7) is 4.54. The van der Waals surface area contributed by atoms with Crippen molar-refractivity contribution in [2.45, 2.75) is 12.8 Å². The molecule has 0 aromatic carbocycles. The molecule has 0 radical (unpaired) electrons. The van der Waals surface area contributed by atoms with Crippen LogP contribution in [0.3, 0.4) is 0 Å². The van der Waals surface area contributed by atoms with Crippen LogP contribution in [0, 0.1) is 16.7 Å². The molecule has 26 heavy (non-hydrogen) atoms. The second kappa shape index (κ2) is 7.57. The fraction of sp³-hybridized carbons (Fsp3) is 0.176. The van der Waals surface area contributed by atoms with Crippen molar-refractivity contribution in [2.75, 3.05) is 17.7 Å². The summed E-state index contributed by atoms with van der Waals surface area (Å²) in [6.07, 6.45) is 6.70. The summed E-state index contributed by atoms with van der Waals surface area (Å²) < 4.78 is 28.4. The molecule has 0 unspecified atom stereocenters. The number of alkyl halides is 2. The zero-order valence-corrected chi connectivity index (χ0v) is 14.2. The van der Waals surface area contributed by atoms with E-state index in [-0.39, 0.29) is 22.9 Å². The van der Waals surface area contributed by atoms with Crippen molar-refractivity contribution in [2.24, 2.45) is 0 Å². The van der Waals surface area contributed by atoms with Gasteiger partial charge in [0.1, 0.15) is 11.9 Å². The molecule has 2 rings (SSSR count). The molecule has 2 heterocycles. The van der Waals surface area contributed by atoms with Crippen molar-refractivity contribution in [3.05, 3.63) is 59.2 Å². The van der Waals surface area contributed by atoms with Gasteiger partial charge in [0.25, 0.3) is 5.92 Å². The third kappa shape index (κ3) is 3.75. The molecule has 1 aliphatic heterocycles. The molecule has 1 aromatic heterocycles. The van der Waals surface area contributed by atoms with Gasteiger partial charge in [0.2, 0.25) is 5.95 Å². The van der Waals surface area contributed by atoms with Crippen molar-refractivity contribution in [3.8, 4) is 6.07 Å². The van der Waals surface area contributed by atoms with Gasteiger partial charge in [-0.25, -0.2) is 4.98 Å². The van der Waals surface area contributed by atoms with Crippen LogP contribution in [0.1, 0.15) is 12.5 Å². The number of aromatic nitrogens is 2. The van der Waals surface area contributed by atoms with Gasteiger partial charge in [-0.1, -0.05) is 6.58 Å². The van der Waals surface area contributed by atoms with Crippen LogP contribution in [0.25, 0.3) is 0 Å². The van der Waals surface area contributed by atoms with E-state index in [9.17, 15) is 8.78 Å². The van der Waals surface area contributed by atoms with Crippen LogP contribution in [0.2, 0.25) is 0 Å². The Morgan fingerprint density at radius 1 is 1.46 bits per heavy atom. The molecule has 0 aliphatic carbocycles. The molecule has 1 aromatic rings. The van der Waals surface area contributed by atoms with Crippen LogP contribution < -0.4 is 16.0 Å². The van der Waals surface area contributed by atoms with Crippen molar-refractivity contribution in [3.63, 3.8) is 0 Å². The second-order valence-corrected chi connectivity index (χ2v) is 5.35. The lowest BCUT2D eigenvalue weighted by Gasteiger charge is -2.20. The lowest BCUT2D eigenvalue weighted by molar-refractivity contribution is 0.0387. The molecule has 134 valence electrons. The summed E-state index contributed by atoms with van der Waals surface area (Å²) in [6, 6.07) is 1.98. The first kappa shape index (κ1) is 18.8. The topological polar surface area (TPSA) is 110 Å². The highest BCUT2D eigenvalue weighted by Gasteiger charge is 2.36. The van der Waals surface area contributed by atoms with Crippen LogP contribution in [-0.4, -0.2) is 23.2 Å². The average Bonchev–Trinajstić information content (AvgIpc) is 2.65. The van der Waals surface area contributed by atoms with Gasteiger partial charge in [0.05, 0.1) is 22.5 Å². The van der Waals surface area contributed by atoms with Crippen LogP contribution in [0.4, 0.5) is 20.5 Å². The maximum Gasteiger partial charge on any atom is 0.299 e. The van der Waals surface area contributed by atoms with Gasteiger partial charge in [-0.15, -0.1) is 0 Å². The summed E-state index contributed by atoms with van der Waals surface area (Å²) in [4.78, 5) is 7.95. The van der Waals surface area contributed by atoms with Crippen LogP contribution in [-0.2, 0) is 5.92 Å². The normalized spacial score (nSPS) is 15.3. The number of allylic oxidation sites excluding steroid dienone is 5. The zero-order chi connectivity index (χ0) is 19.3. The molecule has 0 saturated carbocycles. The third-order valence-electron chi connectivity index (χ3n) is 3.52. The van der Waals surface area contributed by atoms with Gasteiger partial charge < -0.3 is 21.4 Å². The van der Waals surface area contributed by atoms with Gasteiger partial charge in [-0.2, -0.15) is 19.0 Å². The monoisotopic (exact) mass is 357 g/mol. The summed E-state index contributed by atoms with van der Waals surface area (Å²) >= 11 is 0. The van der Waals surface area contributed by atoms with Crippen LogP contribution >= 0.6 is 0 Å². The number of nitrogens with one attached hydrogen (secondary N) is 4. The highest BCUT2D eigenvalue weighted by molar-refractivity contribution is 5.82. The average molecular weight is 357 g/mol. The minimum absolute atomic E-state index is 0.0341. The van der Waals surface area contributed by atoms with Crippen molar-refractivity contribution < 1.29 is 8.78 Å². The van der Waals surface area contributed by atoms with E-state index in [1.807, 2.05) is 6.07 Å². The van der Waals surface area contributed by atoms with E-state index in [4.69, 9.17) is 10.7 Å². The lowest BCUT2D eigenvalue weighted by Crippen LogP contribution is -2.20. The van der Waals surface area contributed by atoms with Crippen molar-refractivity contribution >= 4 is 18.0 Å². The molecule has 0 saturated heterocycles. The molecule has 0 spiro atoms. The van der Waals surface area contributed by atoms with Gasteiger partial charge in [-0.05, 0) is 24.6 Å². The van der Waals surface area contributed by atoms with E-state index >= 15 is 0 Å². The van der Waals surface area contributed by atoms with Crippen molar-refractivity contribution in [1.29, 1.82) is 10.7 Å². The van der Waals surface area contributed by atoms with E-state index in [0.717, 1.165) is 12.4 Å². The molecule has 4 N–H and O–H groups in total. The Hall–Kier alpha value is -3.54. The summed E-state index contributed by atoms with van der Waals surface area (Å²) in [5.74, 6) is -3.29. The molecule has 0 atom stereocenters. The standard InChI is InChI=1S/C17H17F2N7/c1-10(2)17(18,19)12-9-24-16(26-15(12)22-3)25-14(7-21)13-5-4-11(6-20)8-23-13/h4-5,7-9,21,23H,1H2,2-3H3,(H2,22,24,25,26)/b14-13+,21-7?. The van der Waals surface area contributed by atoms with E-state index in [2.05, 4.69) is 32.5 Å². The molecule has 1 aliphatic rings. The Kier molecular flexibility index (Phi) is 5.47. The first-order valence-electron chi connectivity index (χ1n) is 7.49. The molecule has 0 fully saturated rings. The van der Waals surface area contributed by atoms with E-state index < -0.39 is 5.92 Å². The Balaban J connectivity index is 2.34. The Bertz CT molecular complexity index is 876. The minimum atomic E-state index is -3.27. The molecule has 7 nitrogen and oxygen atoms in total. The molecule has 0 bridgehead atoms. The first-order chi connectivity index (χ1) is 12.3. The highest BCUT2D eigenvalue weighted by atomic mass is 19.3. The zero-order valence-electron chi connectivity index (χ0n) is 14.2. The third-order valence-corrected chi connectivity index (χ3v) is 3.52. The minimum Gasteiger partial charge on any atom is -0.373 e.